The molecule has 20 heavy (non-hydrogen) atoms. The second-order valence-corrected chi connectivity index (χ2v) is 5.90. The van der Waals surface area contributed by atoms with Crippen molar-refractivity contribution < 1.29 is 4.79 Å². The standard InChI is InChI=1S/C15H19N3OS/c1-18(2)10-11-5-3-6-12(9-11)17-15(19)14(16)13-7-4-8-20-13/h3-9,14H,10,16H2,1-2H3,(H,17,19). The molecule has 1 unspecified atom stereocenters. The summed E-state index contributed by atoms with van der Waals surface area (Å²) in [5.41, 5.74) is 7.87. The van der Waals surface area contributed by atoms with Crippen LogP contribution in [-0.2, 0) is 11.3 Å². The topological polar surface area (TPSA) is 58.4 Å². The van der Waals surface area contributed by atoms with Crippen LogP contribution in [0.25, 0.3) is 0 Å². The van der Waals surface area contributed by atoms with Crippen LogP contribution in [0.3, 0.4) is 0 Å². The van der Waals surface area contributed by atoms with Gasteiger partial charge in [-0.15, -0.1) is 11.3 Å². The van der Waals surface area contributed by atoms with E-state index in [4.69, 9.17) is 5.73 Å². The molecule has 0 saturated carbocycles. The van der Waals surface area contributed by atoms with Gasteiger partial charge in [-0.05, 0) is 43.2 Å². The number of nitrogens with two attached hydrogens (primary N) is 1. The minimum atomic E-state index is -0.618. The van der Waals surface area contributed by atoms with E-state index in [9.17, 15) is 4.79 Å². The molecule has 1 amide bonds. The van der Waals surface area contributed by atoms with Crippen molar-refractivity contribution >= 4 is 22.9 Å². The van der Waals surface area contributed by atoms with Crippen LogP contribution in [-0.4, -0.2) is 24.9 Å². The van der Waals surface area contributed by atoms with E-state index >= 15 is 0 Å². The van der Waals surface area contributed by atoms with Gasteiger partial charge in [-0.3, -0.25) is 4.79 Å². The maximum atomic E-state index is 12.1. The summed E-state index contributed by atoms with van der Waals surface area (Å²) in [6.07, 6.45) is 0. The summed E-state index contributed by atoms with van der Waals surface area (Å²) >= 11 is 1.49. The first-order valence-electron chi connectivity index (χ1n) is 6.40. The van der Waals surface area contributed by atoms with E-state index in [2.05, 4.69) is 10.2 Å². The first-order valence-corrected chi connectivity index (χ1v) is 7.28. The van der Waals surface area contributed by atoms with Crippen LogP contribution in [0.4, 0.5) is 5.69 Å². The fourth-order valence-corrected chi connectivity index (χ4v) is 2.66. The zero-order chi connectivity index (χ0) is 14.5. The first kappa shape index (κ1) is 14.7. The van der Waals surface area contributed by atoms with Crippen molar-refractivity contribution in [1.29, 1.82) is 0 Å². The van der Waals surface area contributed by atoms with Crippen molar-refractivity contribution in [2.45, 2.75) is 12.6 Å². The molecule has 5 heteroatoms. The van der Waals surface area contributed by atoms with Gasteiger partial charge in [-0.25, -0.2) is 0 Å². The second kappa shape index (κ2) is 6.65. The zero-order valence-electron chi connectivity index (χ0n) is 11.7. The Morgan fingerprint density at radius 2 is 2.15 bits per heavy atom. The molecule has 106 valence electrons. The van der Waals surface area contributed by atoms with Gasteiger partial charge in [0.05, 0.1) is 0 Å². The Morgan fingerprint density at radius 3 is 2.80 bits per heavy atom. The quantitative estimate of drug-likeness (QED) is 0.889. The molecular formula is C15H19N3OS. The Kier molecular flexibility index (Phi) is 4.89. The highest BCUT2D eigenvalue weighted by Crippen LogP contribution is 2.19. The van der Waals surface area contributed by atoms with Crippen molar-refractivity contribution in [1.82, 2.24) is 4.90 Å². The highest BCUT2D eigenvalue weighted by molar-refractivity contribution is 7.10. The summed E-state index contributed by atoms with van der Waals surface area (Å²) in [5.74, 6) is -0.186. The van der Waals surface area contributed by atoms with E-state index in [1.54, 1.807) is 0 Å². The molecule has 4 nitrogen and oxygen atoms in total. The van der Waals surface area contributed by atoms with Crippen LogP contribution in [0.5, 0.6) is 0 Å². The summed E-state index contributed by atoms with van der Waals surface area (Å²) in [7, 11) is 4.02. The molecule has 2 rings (SSSR count). The highest BCUT2D eigenvalue weighted by atomic mass is 32.1. The second-order valence-electron chi connectivity index (χ2n) is 4.92. The molecule has 0 radical (unpaired) electrons. The van der Waals surface area contributed by atoms with Crippen LogP contribution in [0.2, 0.25) is 0 Å². The molecule has 1 heterocycles. The van der Waals surface area contributed by atoms with E-state index in [1.165, 1.54) is 11.3 Å². The molecule has 0 aliphatic rings. The Morgan fingerprint density at radius 1 is 1.35 bits per heavy atom. The van der Waals surface area contributed by atoms with Gasteiger partial charge < -0.3 is 16.0 Å². The number of rotatable bonds is 5. The predicted molar refractivity (Wildman–Crippen MR) is 83.7 cm³/mol. The Balaban J connectivity index is 2.04. The summed E-state index contributed by atoms with van der Waals surface area (Å²) in [5, 5.41) is 4.78. The van der Waals surface area contributed by atoms with Gasteiger partial charge in [0.15, 0.2) is 0 Å². The van der Waals surface area contributed by atoms with Gasteiger partial charge in [0, 0.05) is 17.1 Å². The molecule has 1 aromatic carbocycles. The molecule has 0 saturated heterocycles. The molecule has 1 atom stereocenters. The summed E-state index contributed by atoms with van der Waals surface area (Å²) < 4.78 is 0. The van der Waals surface area contributed by atoms with Gasteiger partial charge in [0.1, 0.15) is 6.04 Å². The van der Waals surface area contributed by atoms with Crippen LogP contribution < -0.4 is 11.1 Å². The number of nitrogens with one attached hydrogen (secondary N) is 1. The monoisotopic (exact) mass is 289 g/mol. The Bertz CT molecular complexity index is 566. The number of anilines is 1. The van der Waals surface area contributed by atoms with Crippen molar-refractivity contribution in [3.63, 3.8) is 0 Å². The zero-order valence-corrected chi connectivity index (χ0v) is 12.5. The summed E-state index contributed by atoms with van der Waals surface area (Å²) in [4.78, 5) is 15.1. The minimum absolute atomic E-state index is 0.186. The first-order chi connectivity index (χ1) is 9.56. The largest absolute Gasteiger partial charge is 0.324 e. The SMILES string of the molecule is CN(C)Cc1cccc(NC(=O)C(N)c2cccs2)c1. The number of nitrogens with zero attached hydrogens (tertiary/aromatic N) is 1. The molecule has 0 spiro atoms. The van der Waals surface area contributed by atoms with Crippen LogP contribution in [0.15, 0.2) is 41.8 Å². The van der Waals surface area contributed by atoms with Gasteiger partial charge in [-0.2, -0.15) is 0 Å². The summed E-state index contributed by atoms with van der Waals surface area (Å²) in [6.45, 7) is 0.834. The molecular weight excluding hydrogens is 270 g/mol. The van der Waals surface area contributed by atoms with Crippen molar-refractivity contribution in [3.8, 4) is 0 Å². The number of carbonyl (C=O) groups excluding carboxylic acids is 1. The maximum absolute atomic E-state index is 12.1. The average molecular weight is 289 g/mol. The van der Waals surface area contributed by atoms with E-state index in [1.807, 2.05) is 55.9 Å². The molecule has 0 aliphatic heterocycles. The Hall–Kier alpha value is -1.69. The van der Waals surface area contributed by atoms with Crippen molar-refractivity contribution in [3.05, 3.63) is 52.2 Å². The number of amides is 1. The lowest BCUT2D eigenvalue weighted by molar-refractivity contribution is -0.117. The number of hydrogen-bond acceptors (Lipinski definition) is 4. The fourth-order valence-electron chi connectivity index (χ4n) is 1.93. The predicted octanol–water partition coefficient (Wildman–Crippen LogP) is 2.45. The third-order valence-corrected chi connectivity index (χ3v) is 3.78. The summed E-state index contributed by atoms with van der Waals surface area (Å²) in [6, 6.07) is 11.0. The molecule has 0 aliphatic carbocycles. The van der Waals surface area contributed by atoms with E-state index in [0.29, 0.717) is 0 Å². The number of benzene rings is 1. The smallest absolute Gasteiger partial charge is 0.246 e. The van der Waals surface area contributed by atoms with E-state index < -0.39 is 6.04 Å². The number of thiophene rings is 1. The van der Waals surface area contributed by atoms with Crippen LogP contribution >= 0.6 is 11.3 Å². The fraction of sp³-hybridized carbons (Fsp3) is 0.267. The molecule has 1 aromatic heterocycles. The Labute approximate surface area is 123 Å². The molecule has 0 bridgehead atoms. The van der Waals surface area contributed by atoms with E-state index in [0.717, 1.165) is 22.7 Å². The lowest BCUT2D eigenvalue weighted by Crippen LogP contribution is -2.27. The number of carbonyl (C=O) groups is 1. The van der Waals surface area contributed by atoms with Gasteiger partial charge in [0.25, 0.3) is 0 Å². The third-order valence-electron chi connectivity index (χ3n) is 2.83. The van der Waals surface area contributed by atoms with E-state index in [-0.39, 0.29) is 5.91 Å². The molecule has 2 aromatic rings. The van der Waals surface area contributed by atoms with Gasteiger partial charge in [0.2, 0.25) is 5.91 Å². The highest BCUT2D eigenvalue weighted by Gasteiger charge is 2.16. The number of hydrogen-bond donors (Lipinski definition) is 2. The van der Waals surface area contributed by atoms with Crippen molar-refractivity contribution in [2.24, 2.45) is 5.73 Å². The lowest BCUT2D eigenvalue weighted by atomic mass is 10.1. The van der Waals surface area contributed by atoms with Crippen LogP contribution in [0, 0.1) is 0 Å². The third kappa shape index (κ3) is 3.90. The lowest BCUT2D eigenvalue weighted by Gasteiger charge is -2.13. The normalized spacial score (nSPS) is 12.4. The van der Waals surface area contributed by atoms with Gasteiger partial charge >= 0.3 is 0 Å². The van der Waals surface area contributed by atoms with Crippen LogP contribution in [0.1, 0.15) is 16.5 Å². The van der Waals surface area contributed by atoms with Crippen molar-refractivity contribution in [2.75, 3.05) is 19.4 Å². The van der Waals surface area contributed by atoms with Gasteiger partial charge in [-0.1, -0.05) is 18.2 Å². The maximum Gasteiger partial charge on any atom is 0.246 e. The average Bonchev–Trinajstić information content (AvgIpc) is 2.91. The molecule has 0 fully saturated rings. The minimum Gasteiger partial charge on any atom is -0.324 e. The molecule has 3 N–H and O–H groups in total.